The molecule has 34 heavy (non-hydrogen) atoms. The van der Waals surface area contributed by atoms with Crippen LogP contribution in [0.2, 0.25) is 0 Å². The van der Waals surface area contributed by atoms with Gasteiger partial charge in [0.1, 0.15) is 5.37 Å². The molecule has 172 valence electrons. The number of hydrogen-bond acceptors (Lipinski definition) is 6. The third-order valence-corrected chi connectivity index (χ3v) is 7.43. The Morgan fingerprint density at radius 2 is 1.85 bits per heavy atom. The Bertz CT molecular complexity index is 1250. The first-order valence-corrected chi connectivity index (χ1v) is 12.4. The molecule has 1 N–H and O–H groups in total. The first-order valence-electron chi connectivity index (χ1n) is 10.6. The van der Waals surface area contributed by atoms with E-state index in [1.807, 2.05) is 47.4 Å². The van der Waals surface area contributed by atoms with E-state index in [0.29, 0.717) is 29.4 Å². The number of thioether (sulfide) groups is 1. The van der Waals surface area contributed by atoms with Crippen LogP contribution in [0.25, 0.3) is 0 Å². The molecule has 0 saturated carbocycles. The molecule has 0 aromatic heterocycles. The van der Waals surface area contributed by atoms with Crippen molar-refractivity contribution < 1.29 is 19.1 Å². The van der Waals surface area contributed by atoms with Crippen molar-refractivity contribution >= 4 is 45.7 Å². The van der Waals surface area contributed by atoms with Crippen molar-refractivity contribution in [2.45, 2.75) is 11.9 Å². The van der Waals surface area contributed by atoms with Gasteiger partial charge in [0, 0.05) is 22.1 Å². The minimum absolute atomic E-state index is 0.0776. The molecule has 1 fully saturated rings. The van der Waals surface area contributed by atoms with E-state index in [-0.39, 0.29) is 24.0 Å². The van der Waals surface area contributed by atoms with Crippen molar-refractivity contribution in [2.24, 2.45) is 5.10 Å². The molecule has 3 aromatic rings. The summed E-state index contributed by atoms with van der Waals surface area (Å²) in [5, 5.41) is 3.99. The van der Waals surface area contributed by atoms with Crippen LogP contribution in [0.4, 0.5) is 0 Å². The standard InChI is InChI=1S/C25H20BrN3O4S/c26-20-11-22-21(32-15-33-22)10-19(20)12-27-28-24(31)17-6-8-18(9-7-17)25-29(23(30)14-34-25)13-16-4-2-1-3-5-16/h1-12,25H,13-15H2,(H,28,31)/b27-12-/t25-/m0/s1. The van der Waals surface area contributed by atoms with Crippen LogP contribution in [0.3, 0.4) is 0 Å². The smallest absolute Gasteiger partial charge is 0.271 e. The number of ether oxygens (including phenoxy) is 2. The summed E-state index contributed by atoms with van der Waals surface area (Å²) < 4.78 is 11.5. The monoisotopic (exact) mass is 537 g/mol. The molecule has 2 heterocycles. The number of rotatable bonds is 6. The van der Waals surface area contributed by atoms with Crippen LogP contribution >= 0.6 is 27.7 Å². The Morgan fingerprint density at radius 1 is 1.12 bits per heavy atom. The summed E-state index contributed by atoms with van der Waals surface area (Å²) in [4.78, 5) is 26.9. The average Bonchev–Trinajstić information content (AvgIpc) is 3.46. The number of carbonyl (C=O) groups excluding carboxylic acids is 2. The van der Waals surface area contributed by atoms with Gasteiger partial charge in [-0.1, -0.05) is 42.5 Å². The molecule has 9 heteroatoms. The molecule has 0 bridgehead atoms. The molecule has 0 unspecified atom stereocenters. The largest absolute Gasteiger partial charge is 0.454 e. The van der Waals surface area contributed by atoms with Gasteiger partial charge in [0.15, 0.2) is 11.5 Å². The van der Waals surface area contributed by atoms with Crippen LogP contribution in [-0.2, 0) is 11.3 Å². The van der Waals surface area contributed by atoms with Crippen molar-refractivity contribution in [3.8, 4) is 11.5 Å². The minimum atomic E-state index is -0.323. The van der Waals surface area contributed by atoms with Crippen molar-refractivity contribution in [3.05, 3.63) is 93.5 Å². The average molecular weight is 538 g/mol. The van der Waals surface area contributed by atoms with Crippen LogP contribution in [0.1, 0.15) is 32.4 Å². The summed E-state index contributed by atoms with van der Waals surface area (Å²) in [6, 6.07) is 20.8. The molecule has 2 amide bonds. The van der Waals surface area contributed by atoms with Crippen molar-refractivity contribution in [1.29, 1.82) is 0 Å². The molecule has 0 spiro atoms. The lowest BCUT2D eigenvalue weighted by atomic mass is 10.1. The highest BCUT2D eigenvalue weighted by Gasteiger charge is 2.32. The van der Waals surface area contributed by atoms with Gasteiger partial charge in [-0.2, -0.15) is 5.10 Å². The van der Waals surface area contributed by atoms with E-state index in [2.05, 4.69) is 26.5 Å². The van der Waals surface area contributed by atoms with Crippen LogP contribution < -0.4 is 14.9 Å². The quantitative estimate of drug-likeness (QED) is 0.363. The number of nitrogens with zero attached hydrogens (tertiary/aromatic N) is 2. The molecular weight excluding hydrogens is 518 g/mol. The maximum atomic E-state index is 12.5. The third-order valence-electron chi connectivity index (χ3n) is 5.48. The number of hydrogen-bond donors (Lipinski definition) is 1. The van der Waals surface area contributed by atoms with Crippen molar-refractivity contribution in [3.63, 3.8) is 0 Å². The van der Waals surface area contributed by atoms with Gasteiger partial charge < -0.3 is 14.4 Å². The molecule has 2 aliphatic heterocycles. The van der Waals surface area contributed by atoms with E-state index in [9.17, 15) is 9.59 Å². The Kier molecular flexibility index (Phi) is 6.55. The zero-order chi connectivity index (χ0) is 23.5. The van der Waals surface area contributed by atoms with Gasteiger partial charge in [0.2, 0.25) is 12.7 Å². The van der Waals surface area contributed by atoms with Gasteiger partial charge in [-0.3, -0.25) is 9.59 Å². The summed E-state index contributed by atoms with van der Waals surface area (Å²) in [6.07, 6.45) is 1.54. The highest BCUT2D eigenvalue weighted by Crippen LogP contribution is 2.39. The van der Waals surface area contributed by atoms with Gasteiger partial charge >= 0.3 is 0 Å². The van der Waals surface area contributed by atoms with Gasteiger partial charge in [-0.15, -0.1) is 11.8 Å². The highest BCUT2D eigenvalue weighted by atomic mass is 79.9. The topological polar surface area (TPSA) is 80.2 Å². The van der Waals surface area contributed by atoms with Crippen LogP contribution in [0.15, 0.2) is 76.3 Å². The van der Waals surface area contributed by atoms with E-state index < -0.39 is 0 Å². The number of halogens is 1. The Morgan fingerprint density at radius 3 is 2.62 bits per heavy atom. The van der Waals surface area contributed by atoms with Crippen molar-refractivity contribution in [2.75, 3.05) is 12.5 Å². The molecular formula is C25H20BrN3O4S. The number of carbonyl (C=O) groups is 2. The lowest BCUT2D eigenvalue weighted by Gasteiger charge is -2.24. The van der Waals surface area contributed by atoms with E-state index in [1.165, 1.54) is 0 Å². The molecule has 2 aliphatic rings. The number of benzene rings is 3. The lowest BCUT2D eigenvalue weighted by Crippen LogP contribution is -2.27. The number of amides is 2. The van der Waals surface area contributed by atoms with E-state index in [1.54, 1.807) is 42.2 Å². The fraction of sp³-hybridized carbons (Fsp3) is 0.160. The van der Waals surface area contributed by atoms with Crippen LogP contribution in [0.5, 0.6) is 11.5 Å². The number of nitrogens with one attached hydrogen (secondary N) is 1. The zero-order valence-corrected chi connectivity index (χ0v) is 20.3. The molecule has 0 aliphatic carbocycles. The first-order chi connectivity index (χ1) is 16.6. The second-order valence-corrected chi connectivity index (χ2v) is 9.64. The van der Waals surface area contributed by atoms with Crippen LogP contribution in [0, 0.1) is 0 Å². The maximum Gasteiger partial charge on any atom is 0.271 e. The summed E-state index contributed by atoms with van der Waals surface area (Å²) in [6.45, 7) is 0.746. The Balaban J connectivity index is 1.23. The Labute approximate surface area is 209 Å². The van der Waals surface area contributed by atoms with E-state index in [4.69, 9.17) is 9.47 Å². The van der Waals surface area contributed by atoms with Gasteiger partial charge in [-0.05, 0) is 51.3 Å². The van der Waals surface area contributed by atoms with Gasteiger partial charge in [-0.25, -0.2) is 5.43 Å². The second-order valence-electron chi connectivity index (χ2n) is 7.72. The fourth-order valence-electron chi connectivity index (χ4n) is 3.74. The Hall–Kier alpha value is -3.30. The lowest BCUT2D eigenvalue weighted by molar-refractivity contribution is -0.128. The zero-order valence-electron chi connectivity index (χ0n) is 17.9. The summed E-state index contributed by atoms with van der Waals surface area (Å²) in [7, 11) is 0. The summed E-state index contributed by atoms with van der Waals surface area (Å²) in [5.74, 6) is 1.54. The summed E-state index contributed by atoms with van der Waals surface area (Å²) in [5.41, 5.74) is 5.85. The molecule has 5 rings (SSSR count). The molecule has 3 aromatic carbocycles. The van der Waals surface area contributed by atoms with Crippen LogP contribution in [-0.4, -0.2) is 35.5 Å². The fourth-order valence-corrected chi connectivity index (χ4v) is 5.35. The van der Waals surface area contributed by atoms with E-state index >= 15 is 0 Å². The first kappa shape index (κ1) is 22.5. The predicted molar refractivity (Wildman–Crippen MR) is 134 cm³/mol. The van der Waals surface area contributed by atoms with E-state index in [0.717, 1.165) is 21.2 Å². The van der Waals surface area contributed by atoms with Gasteiger partial charge in [0.05, 0.1) is 12.0 Å². The predicted octanol–water partition coefficient (Wildman–Crippen LogP) is 4.72. The van der Waals surface area contributed by atoms with Crippen molar-refractivity contribution in [1.82, 2.24) is 10.3 Å². The third kappa shape index (κ3) is 4.80. The number of fused-ring (bicyclic) bond motifs is 1. The molecule has 7 nitrogen and oxygen atoms in total. The second kappa shape index (κ2) is 9.90. The molecule has 1 atom stereocenters. The number of hydrazone groups is 1. The normalized spacial score (nSPS) is 16.9. The highest BCUT2D eigenvalue weighted by molar-refractivity contribution is 9.10. The molecule has 0 radical (unpaired) electrons. The summed E-state index contributed by atoms with van der Waals surface area (Å²) >= 11 is 5.06. The molecule has 1 saturated heterocycles. The maximum absolute atomic E-state index is 12.5. The minimum Gasteiger partial charge on any atom is -0.454 e. The SMILES string of the molecule is O=C(N/N=C\c1cc2c(cc1Br)OCO2)c1ccc([C@@H]2SCC(=O)N2Cc2ccccc2)cc1. The van der Waals surface area contributed by atoms with Gasteiger partial charge in [0.25, 0.3) is 5.91 Å².